The Hall–Kier alpha value is -4.01. The molecule has 8 heteroatoms. The van der Waals surface area contributed by atoms with Crippen LogP contribution in [0.2, 0.25) is 0 Å². The Morgan fingerprint density at radius 1 is 0.917 bits per heavy atom. The van der Waals surface area contributed by atoms with Crippen LogP contribution in [0.25, 0.3) is 10.8 Å². The Morgan fingerprint density at radius 3 is 2.28 bits per heavy atom. The summed E-state index contributed by atoms with van der Waals surface area (Å²) >= 11 is 0. The first-order valence-corrected chi connectivity index (χ1v) is 12.9. The molecule has 184 valence electrons. The van der Waals surface area contributed by atoms with Gasteiger partial charge in [0.1, 0.15) is 5.75 Å². The second-order valence-electron chi connectivity index (χ2n) is 8.30. The molecule has 0 saturated carbocycles. The van der Waals surface area contributed by atoms with Gasteiger partial charge in [-0.25, -0.2) is 18.6 Å². The summed E-state index contributed by atoms with van der Waals surface area (Å²) in [5.74, 6) is 0.322. The fourth-order valence-corrected chi connectivity index (χ4v) is 5.10. The molecule has 0 heterocycles. The average molecular weight is 502 g/mol. The van der Waals surface area contributed by atoms with E-state index in [1.807, 2.05) is 49.4 Å². The molecule has 2 N–H and O–H groups in total. The summed E-state index contributed by atoms with van der Waals surface area (Å²) in [4.78, 5) is 12.9. The molecule has 0 spiro atoms. The monoisotopic (exact) mass is 501 g/mol. The number of methoxy groups -OCH3 is 1. The molecule has 0 aliphatic rings. The maximum atomic E-state index is 13.0. The maximum absolute atomic E-state index is 13.0. The number of hydrazone groups is 1. The number of carbonyl (C=O) groups excluding carboxylic acids is 1. The molecular weight excluding hydrogens is 474 g/mol. The summed E-state index contributed by atoms with van der Waals surface area (Å²) < 4.78 is 34.1. The van der Waals surface area contributed by atoms with Crippen molar-refractivity contribution < 1.29 is 17.9 Å². The molecule has 0 fully saturated rings. The van der Waals surface area contributed by atoms with E-state index in [1.165, 1.54) is 0 Å². The number of sulfonamides is 1. The zero-order chi connectivity index (χ0) is 25.5. The van der Waals surface area contributed by atoms with Crippen molar-refractivity contribution in [1.29, 1.82) is 0 Å². The molecule has 4 aromatic rings. The van der Waals surface area contributed by atoms with E-state index in [-0.39, 0.29) is 11.3 Å². The maximum Gasteiger partial charge on any atom is 0.242 e. The summed E-state index contributed by atoms with van der Waals surface area (Å²) in [5, 5.41) is 5.98. The predicted molar refractivity (Wildman–Crippen MR) is 142 cm³/mol. The van der Waals surface area contributed by atoms with Gasteiger partial charge in [0, 0.05) is 17.4 Å². The molecule has 0 unspecified atom stereocenters. The minimum Gasteiger partial charge on any atom is -0.496 e. The number of amides is 1. The molecule has 1 atom stereocenters. The number of fused-ring (bicyclic) bond motifs is 1. The number of rotatable bonds is 9. The standard InChI is InChI=1S/C28H27N3O4S/c1-20-12-15-23(16-13-20)36(33,34)31-26(21-8-4-3-5-9-21)18-28(32)30-29-19-22-14-17-27(35-2)25-11-7-6-10-24(22)25/h3-17,19,26,31H,18H2,1-2H3,(H,30,32)/b29-19-/t26-/m0/s1. The van der Waals surface area contributed by atoms with Crippen LogP contribution in [0.15, 0.2) is 101 Å². The summed E-state index contributed by atoms with van der Waals surface area (Å²) in [5.41, 5.74) is 4.96. The molecule has 0 bridgehead atoms. The highest BCUT2D eigenvalue weighted by molar-refractivity contribution is 7.89. The molecule has 0 radical (unpaired) electrons. The van der Waals surface area contributed by atoms with Crippen molar-refractivity contribution >= 4 is 32.9 Å². The molecular formula is C28H27N3O4S. The topological polar surface area (TPSA) is 96.9 Å². The number of aryl methyl sites for hydroxylation is 1. The van der Waals surface area contributed by atoms with Crippen molar-refractivity contribution in [1.82, 2.24) is 10.1 Å². The Kier molecular flexibility index (Phi) is 7.77. The lowest BCUT2D eigenvalue weighted by molar-refractivity contribution is -0.121. The lowest BCUT2D eigenvalue weighted by atomic mass is 10.0. The SMILES string of the molecule is COc1ccc(/C=N\NC(=O)C[C@H](NS(=O)(=O)c2ccc(C)cc2)c2ccccc2)c2ccccc12. The second kappa shape index (κ2) is 11.2. The molecule has 0 aliphatic heterocycles. The van der Waals surface area contributed by atoms with Crippen LogP contribution in [0.5, 0.6) is 5.75 Å². The Morgan fingerprint density at radius 2 is 1.58 bits per heavy atom. The van der Waals surface area contributed by atoms with Crippen LogP contribution in [0.1, 0.15) is 29.2 Å². The number of hydrogen-bond donors (Lipinski definition) is 2. The molecule has 4 rings (SSSR count). The van der Waals surface area contributed by atoms with Gasteiger partial charge in [-0.05, 0) is 42.1 Å². The molecule has 7 nitrogen and oxygen atoms in total. The van der Waals surface area contributed by atoms with Gasteiger partial charge in [-0.1, -0.05) is 72.3 Å². The largest absolute Gasteiger partial charge is 0.496 e. The van der Waals surface area contributed by atoms with Crippen molar-refractivity contribution in [3.05, 3.63) is 108 Å². The highest BCUT2D eigenvalue weighted by atomic mass is 32.2. The second-order valence-corrected chi connectivity index (χ2v) is 10.0. The van der Waals surface area contributed by atoms with Crippen molar-refractivity contribution in [2.75, 3.05) is 7.11 Å². The Labute approximate surface area is 210 Å². The van der Waals surface area contributed by atoms with Crippen LogP contribution >= 0.6 is 0 Å². The number of ether oxygens (including phenoxy) is 1. The van der Waals surface area contributed by atoms with E-state index >= 15 is 0 Å². The quantitative estimate of drug-likeness (QED) is 0.256. The van der Waals surface area contributed by atoms with Crippen LogP contribution in [0, 0.1) is 6.92 Å². The van der Waals surface area contributed by atoms with E-state index in [4.69, 9.17) is 4.74 Å². The Bertz CT molecular complexity index is 1480. The van der Waals surface area contributed by atoms with Crippen LogP contribution < -0.4 is 14.9 Å². The highest BCUT2D eigenvalue weighted by Crippen LogP contribution is 2.27. The lowest BCUT2D eigenvalue weighted by Gasteiger charge is -2.18. The fraction of sp³-hybridized carbons (Fsp3) is 0.143. The smallest absolute Gasteiger partial charge is 0.242 e. The predicted octanol–water partition coefficient (Wildman–Crippen LogP) is 4.72. The molecule has 0 aromatic heterocycles. The Balaban J connectivity index is 1.50. The zero-order valence-electron chi connectivity index (χ0n) is 20.0. The van der Waals surface area contributed by atoms with Gasteiger partial charge >= 0.3 is 0 Å². The molecule has 0 aliphatic carbocycles. The third kappa shape index (κ3) is 5.97. The lowest BCUT2D eigenvalue weighted by Crippen LogP contribution is -2.32. The van der Waals surface area contributed by atoms with E-state index < -0.39 is 22.0 Å². The molecule has 1 amide bonds. The number of nitrogens with zero attached hydrogens (tertiary/aromatic N) is 1. The van der Waals surface area contributed by atoms with Gasteiger partial charge in [-0.15, -0.1) is 0 Å². The number of hydrogen-bond acceptors (Lipinski definition) is 5. The van der Waals surface area contributed by atoms with Gasteiger partial charge in [0.2, 0.25) is 15.9 Å². The normalized spacial score (nSPS) is 12.5. The minimum absolute atomic E-state index is 0.129. The van der Waals surface area contributed by atoms with E-state index in [2.05, 4.69) is 15.2 Å². The van der Waals surface area contributed by atoms with Crippen LogP contribution in [0.4, 0.5) is 0 Å². The first kappa shape index (κ1) is 25.1. The first-order chi connectivity index (χ1) is 17.4. The minimum atomic E-state index is -3.84. The summed E-state index contributed by atoms with van der Waals surface area (Å²) in [6.07, 6.45) is 1.43. The van der Waals surface area contributed by atoms with E-state index in [0.717, 1.165) is 27.6 Å². The summed E-state index contributed by atoms with van der Waals surface area (Å²) in [7, 11) is -2.23. The van der Waals surface area contributed by atoms with Gasteiger partial charge in [0.15, 0.2) is 0 Å². The van der Waals surface area contributed by atoms with Gasteiger partial charge < -0.3 is 4.74 Å². The van der Waals surface area contributed by atoms with Crippen LogP contribution in [-0.4, -0.2) is 27.6 Å². The van der Waals surface area contributed by atoms with Crippen molar-refractivity contribution in [3.63, 3.8) is 0 Å². The van der Waals surface area contributed by atoms with E-state index in [9.17, 15) is 13.2 Å². The third-order valence-electron chi connectivity index (χ3n) is 5.75. The fourth-order valence-electron chi connectivity index (χ4n) is 3.88. The van der Waals surface area contributed by atoms with Crippen molar-refractivity contribution in [3.8, 4) is 5.75 Å². The molecule has 36 heavy (non-hydrogen) atoms. The number of benzene rings is 4. The zero-order valence-corrected chi connectivity index (χ0v) is 20.8. The van der Waals surface area contributed by atoms with E-state index in [1.54, 1.807) is 61.9 Å². The third-order valence-corrected chi connectivity index (χ3v) is 7.24. The highest BCUT2D eigenvalue weighted by Gasteiger charge is 2.23. The summed E-state index contributed by atoms with van der Waals surface area (Å²) in [6.45, 7) is 1.89. The van der Waals surface area contributed by atoms with Gasteiger partial charge in [0.05, 0.1) is 24.3 Å². The first-order valence-electron chi connectivity index (χ1n) is 11.4. The average Bonchev–Trinajstić information content (AvgIpc) is 2.89. The van der Waals surface area contributed by atoms with Crippen LogP contribution in [0.3, 0.4) is 0 Å². The van der Waals surface area contributed by atoms with Gasteiger partial charge in [-0.2, -0.15) is 5.10 Å². The number of nitrogens with one attached hydrogen (secondary N) is 2. The molecule has 0 saturated heterocycles. The van der Waals surface area contributed by atoms with Gasteiger partial charge in [-0.3, -0.25) is 4.79 Å². The van der Waals surface area contributed by atoms with Crippen molar-refractivity contribution in [2.24, 2.45) is 5.10 Å². The molecule has 4 aromatic carbocycles. The van der Waals surface area contributed by atoms with E-state index in [0.29, 0.717) is 5.56 Å². The summed E-state index contributed by atoms with van der Waals surface area (Å²) in [6, 6.07) is 26.2. The van der Waals surface area contributed by atoms with Crippen molar-refractivity contribution in [2.45, 2.75) is 24.3 Å². The van der Waals surface area contributed by atoms with Gasteiger partial charge in [0.25, 0.3) is 0 Å². The van der Waals surface area contributed by atoms with Crippen LogP contribution in [-0.2, 0) is 14.8 Å². The number of carbonyl (C=O) groups is 1.